The van der Waals surface area contributed by atoms with E-state index >= 15 is 0 Å². The quantitative estimate of drug-likeness (QED) is 0.308. The first-order valence-corrected chi connectivity index (χ1v) is 5.88. The Morgan fingerprint density at radius 1 is 1.41 bits per heavy atom. The van der Waals surface area contributed by atoms with Crippen molar-refractivity contribution >= 4 is 29.9 Å². The van der Waals surface area contributed by atoms with Gasteiger partial charge in [0, 0.05) is 6.54 Å². The third-order valence-corrected chi connectivity index (χ3v) is 2.77. The molecule has 1 rings (SSSR count). The third-order valence-electron chi connectivity index (χ3n) is 2.77. The number of terminal acetylenes is 1. The molecule has 0 atom stereocenters. The first kappa shape index (κ1) is 16.5. The molecule has 0 spiro atoms. The molecule has 1 saturated carbocycles. The standard InChI is InChI=1S/C12H21N3O.HI/c1-3-9-14-11(13-4-2)15-10-12(16)7-5-6-8-12;/h1,16H,4-10H2,2H3,(H2,13,14,15);1H. The van der Waals surface area contributed by atoms with Crippen LogP contribution in [0.5, 0.6) is 0 Å². The van der Waals surface area contributed by atoms with Crippen molar-refractivity contribution < 1.29 is 5.11 Å². The molecule has 0 radical (unpaired) electrons. The monoisotopic (exact) mass is 351 g/mol. The van der Waals surface area contributed by atoms with Gasteiger partial charge in [-0.1, -0.05) is 18.8 Å². The zero-order valence-electron chi connectivity index (χ0n) is 10.3. The Kier molecular flexibility index (Phi) is 8.35. The third kappa shape index (κ3) is 6.13. The van der Waals surface area contributed by atoms with Crippen LogP contribution in [0.1, 0.15) is 32.6 Å². The number of aliphatic imine (C=N–C) groups is 1. The van der Waals surface area contributed by atoms with Crippen LogP contribution >= 0.6 is 24.0 Å². The molecule has 0 aromatic carbocycles. The van der Waals surface area contributed by atoms with Crippen LogP contribution in [0.2, 0.25) is 0 Å². The maximum absolute atomic E-state index is 10.1. The van der Waals surface area contributed by atoms with Gasteiger partial charge in [0.2, 0.25) is 0 Å². The molecule has 1 aliphatic carbocycles. The molecular weight excluding hydrogens is 329 g/mol. The summed E-state index contributed by atoms with van der Waals surface area (Å²) in [6.45, 7) is 3.68. The maximum Gasteiger partial charge on any atom is 0.192 e. The number of hydrogen-bond donors (Lipinski definition) is 3. The Labute approximate surface area is 121 Å². The van der Waals surface area contributed by atoms with Crippen molar-refractivity contribution in [3.8, 4) is 12.3 Å². The van der Waals surface area contributed by atoms with Crippen molar-refractivity contribution in [3.05, 3.63) is 0 Å². The van der Waals surface area contributed by atoms with E-state index in [1.165, 1.54) is 0 Å². The average Bonchev–Trinajstić information content (AvgIpc) is 2.70. The topological polar surface area (TPSA) is 56.7 Å². The molecular formula is C12H22IN3O. The molecule has 0 amide bonds. The average molecular weight is 351 g/mol. The summed E-state index contributed by atoms with van der Waals surface area (Å²) in [4.78, 5) is 4.35. The predicted molar refractivity (Wildman–Crippen MR) is 81.6 cm³/mol. The molecule has 98 valence electrons. The second kappa shape index (κ2) is 8.59. The van der Waals surface area contributed by atoms with Crippen molar-refractivity contribution in [1.29, 1.82) is 0 Å². The molecule has 17 heavy (non-hydrogen) atoms. The molecule has 0 aromatic rings. The van der Waals surface area contributed by atoms with Gasteiger partial charge in [0.05, 0.1) is 18.7 Å². The minimum Gasteiger partial charge on any atom is -0.388 e. The van der Waals surface area contributed by atoms with Crippen molar-refractivity contribution in [2.75, 3.05) is 19.6 Å². The number of nitrogens with zero attached hydrogens (tertiary/aromatic N) is 1. The van der Waals surface area contributed by atoms with Gasteiger partial charge < -0.3 is 15.7 Å². The number of hydrogen-bond acceptors (Lipinski definition) is 2. The van der Waals surface area contributed by atoms with E-state index in [1.54, 1.807) is 0 Å². The van der Waals surface area contributed by atoms with E-state index in [2.05, 4.69) is 21.5 Å². The highest BCUT2D eigenvalue weighted by Crippen LogP contribution is 2.29. The number of nitrogens with one attached hydrogen (secondary N) is 2. The molecule has 0 bridgehead atoms. The molecule has 0 unspecified atom stereocenters. The smallest absolute Gasteiger partial charge is 0.192 e. The largest absolute Gasteiger partial charge is 0.388 e. The summed E-state index contributed by atoms with van der Waals surface area (Å²) in [5.74, 6) is 3.18. The number of halogens is 1. The zero-order valence-corrected chi connectivity index (χ0v) is 12.7. The van der Waals surface area contributed by atoms with Crippen LogP contribution in [0.15, 0.2) is 4.99 Å². The lowest BCUT2D eigenvalue weighted by molar-refractivity contribution is 0.0574. The predicted octanol–water partition coefficient (Wildman–Crippen LogP) is 1.10. The minimum absolute atomic E-state index is 0. The second-order valence-corrected chi connectivity index (χ2v) is 4.18. The highest BCUT2D eigenvalue weighted by molar-refractivity contribution is 14.0. The summed E-state index contributed by atoms with van der Waals surface area (Å²) in [7, 11) is 0. The van der Waals surface area contributed by atoms with Crippen LogP contribution in [-0.4, -0.2) is 36.3 Å². The lowest BCUT2D eigenvalue weighted by Crippen LogP contribution is -2.39. The molecule has 4 nitrogen and oxygen atoms in total. The number of guanidine groups is 1. The lowest BCUT2D eigenvalue weighted by atomic mass is 10.0. The fraction of sp³-hybridized carbons (Fsp3) is 0.750. The van der Waals surface area contributed by atoms with Crippen LogP contribution in [0, 0.1) is 12.3 Å². The van der Waals surface area contributed by atoms with Crippen LogP contribution in [0.3, 0.4) is 0 Å². The second-order valence-electron chi connectivity index (χ2n) is 4.18. The zero-order chi connectivity index (χ0) is 11.9. The molecule has 3 N–H and O–H groups in total. The Balaban J connectivity index is 0.00000256. The van der Waals surface area contributed by atoms with Crippen LogP contribution < -0.4 is 10.6 Å². The van der Waals surface area contributed by atoms with E-state index in [-0.39, 0.29) is 24.0 Å². The van der Waals surface area contributed by atoms with Gasteiger partial charge in [-0.3, -0.25) is 4.99 Å². The molecule has 1 aliphatic rings. The first-order chi connectivity index (χ1) is 7.70. The summed E-state index contributed by atoms with van der Waals surface area (Å²) in [5, 5.41) is 16.2. The first-order valence-electron chi connectivity index (χ1n) is 5.88. The summed E-state index contributed by atoms with van der Waals surface area (Å²) < 4.78 is 0. The van der Waals surface area contributed by atoms with Gasteiger partial charge in [0.1, 0.15) is 0 Å². The summed E-state index contributed by atoms with van der Waals surface area (Å²) in [6, 6.07) is 0. The van der Waals surface area contributed by atoms with Gasteiger partial charge in [0.15, 0.2) is 5.96 Å². The van der Waals surface area contributed by atoms with Crippen molar-refractivity contribution in [3.63, 3.8) is 0 Å². The van der Waals surface area contributed by atoms with E-state index in [9.17, 15) is 5.11 Å². The van der Waals surface area contributed by atoms with E-state index in [0.717, 1.165) is 32.2 Å². The Morgan fingerprint density at radius 3 is 2.59 bits per heavy atom. The van der Waals surface area contributed by atoms with E-state index in [0.29, 0.717) is 19.0 Å². The minimum atomic E-state index is -0.599. The lowest BCUT2D eigenvalue weighted by Gasteiger charge is -2.20. The molecule has 5 heteroatoms. The Bertz CT molecular complexity index is 280. The molecule has 1 fully saturated rings. The fourth-order valence-electron chi connectivity index (χ4n) is 1.89. The van der Waals surface area contributed by atoms with Gasteiger partial charge in [-0.25, -0.2) is 0 Å². The molecule has 0 heterocycles. The SMILES string of the molecule is C#CCNC(=NCC1(O)CCCC1)NCC.I. The molecule has 0 saturated heterocycles. The Morgan fingerprint density at radius 2 is 2.06 bits per heavy atom. The van der Waals surface area contributed by atoms with Crippen LogP contribution in [0.4, 0.5) is 0 Å². The summed E-state index contributed by atoms with van der Waals surface area (Å²) in [5.41, 5.74) is -0.599. The van der Waals surface area contributed by atoms with Crippen molar-refractivity contribution in [2.24, 2.45) is 4.99 Å². The van der Waals surface area contributed by atoms with E-state index < -0.39 is 5.60 Å². The van der Waals surface area contributed by atoms with Gasteiger partial charge >= 0.3 is 0 Å². The number of aliphatic hydroxyl groups is 1. The van der Waals surface area contributed by atoms with Gasteiger partial charge in [-0.05, 0) is 19.8 Å². The van der Waals surface area contributed by atoms with E-state index in [1.807, 2.05) is 6.92 Å². The highest BCUT2D eigenvalue weighted by atomic mass is 127. The molecule has 0 aromatic heterocycles. The van der Waals surface area contributed by atoms with Crippen LogP contribution in [-0.2, 0) is 0 Å². The fourth-order valence-corrected chi connectivity index (χ4v) is 1.89. The van der Waals surface area contributed by atoms with E-state index in [4.69, 9.17) is 6.42 Å². The van der Waals surface area contributed by atoms with Crippen molar-refractivity contribution in [1.82, 2.24) is 10.6 Å². The van der Waals surface area contributed by atoms with Gasteiger partial charge in [-0.2, -0.15) is 0 Å². The maximum atomic E-state index is 10.1. The normalized spacial score (nSPS) is 18.1. The van der Waals surface area contributed by atoms with Gasteiger partial charge in [-0.15, -0.1) is 30.4 Å². The highest BCUT2D eigenvalue weighted by Gasteiger charge is 2.30. The van der Waals surface area contributed by atoms with Gasteiger partial charge in [0.25, 0.3) is 0 Å². The van der Waals surface area contributed by atoms with Crippen LogP contribution in [0.25, 0.3) is 0 Å². The Hall–Kier alpha value is -0.480. The number of rotatable bonds is 4. The summed E-state index contributed by atoms with van der Waals surface area (Å²) in [6.07, 6.45) is 9.07. The summed E-state index contributed by atoms with van der Waals surface area (Å²) >= 11 is 0. The van der Waals surface area contributed by atoms with Crippen molar-refractivity contribution in [2.45, 2.75) is 38.2 Å². The molecule has 0 aliphatic heterocycles.